The summed E-state index contributed by atoms with van der Waals surface area (Å²) in [7, 11) is 0. The third kappa shape index (κ3) is 4.47. The van der Waals surface area contributed by atoms with Crippen LogP contribution in [0.15, 0.2) is 42.5 Å². The number of carbonyl (C=O) groups excluding carboxylic acids is 1. The molecule has 2 aromatic carbocycles. The second kappa shape index (κ2) is 7.63. The van der Waals surface area contributed by atoms with Gasteiger partial charge in [-0.1, -0.05) is 41.4 Å². The molecule has 0 saturated carbocycles. The fourth-order valence-corrected chi connectivity index (χ4v) is 2.67. The standard InChI is InChI=1S/C17H18Cl2N2O/c1-11-9-13(18)7-8-16(11)21-17(22)10-20-12(2)14-5-3-4-6-15(14)19/h3-9,12,20H,10H2,1-2H3,(H,21,22)/t12-/m0/s1. The summed E-state index contributed by atoms with van der Waals surface area (Å²) in [5.74, 6) is -0.107. The lowest BCUT2D eigenvalue weighted by molar-refractivity contribution is -0.115. The Morgan fingerprint density at radius 2 is 1.91 bits per heavy atom. The van der Waals surface area contributed by atoms with Gasteiger partial charge in [-0.05, 0) is 49.2 Å². The third-order valence-electron chi connectivity index (χ3n) is 3.40. The van der Waals surface area contributed by atoms with E-state index in [0.29, 0.717) is 10.0 Å². The van der Waals surface area contributed by atoms with Gasteiger partial charge in [0.1, 0.15) is 0 Å². The summed E-state index contributed by atoms with van der Waals surface area (Å²) >= 11 is 12.0. The van der Waals surface area contributed by atoms with Crippen LogP contribution in [0.5, 0.6) is 0 Å². The highest BCUT2D eigenvalue weighted by Crippen LogP contribution is 2.22. The van der Waals surface area contributed by atoms with Gasteiger partial charge < -0.3 is 10.6 Å². The quantitative estimate of drug-likeness (QED) is 0.838. The van der Waals surface area contributed by atoms with Crippen molar-refractivity contribution >= 4 is 34.8 Å². The Kier molecular flexibility index (Phi) is 5.83. The van der Waals surface area contributed by atoms with Crippen molar-refractivity contribution in [1.29, 1.82) is 0 Å². The average Bonchev–Trinajstić information content (AvgIpc) is 2.48. The molecular formula is C17H18Cl2N2O. The first-order chi connectivity index (χ1) is 10.5. The Morgan fingerprint density at radius 1 is 1.18 bits per heavy atom. The average molecular weight is 337 g/mol. The lowest BCUT2D eigenvalue weighted by Gasteiger charge is -2.16. The van der Waals surface area contributed by atoms with Crippen LogP contribution in [0.4, 0.5) is 5.69 Å². The van der Waals surface area contributed by atoms with E-state index >= 15 is 0 Å². The molecule has 1 atom stereocenters. The molecule has 2 rings (SSSR count). The highest BCUT2D eigenvalue weighted by Gasteiger charge is 2.11. The van der Waals surface area contributed by atoms with Crippen LogP contribution in [0.1, 0.15) is 24.1 Å². The minimum Gasteiger partial charge on any atom is -0.325 e. The monoisotopic (exact) mass is 336 g/mol. The number of benzene rings is 2. The van der Waals surface area contributed by atoms with Crippen molar-refractivity contribution in [3.8, 4) is 0 Å². The smallest absolute Gasteiger partial charge is 0.238 e. The zero-order valence-corrected chi connectivity index (χ0v) is 14.0. The summed E-state index contributed by atoms with van der Waals surface area (Å²) < 4.78 is 0. The molecule has 0 aliphatic rings. The molecule has 1 amide bonds. The van der Waals surface area contributed by atoms with Gasteiger partial charge in [-0.2, -0.15) is 0 Å². The Hall–Kier alpha value is -1.55. The first-order valence-corrected chi connectivity index (χ1v) is 7.77. The molecule has 2 N–H and O–H groups in total. The van der Waals surface area contributed by atoms with Gasteiger partial charge in [0.05, 0.1) is 6.54 Å². The fraction of sp³-hybridized carbons (Fsp3) is 0.235. The molecule has 0 aliphatic carbocycles. The number of aryl methyl sites for hydroxylation is 1. The SMILES string of the molecule is Cc1cc(Cl)ccc1NC(=O)CN[C@@H](C)c1ccccc1Cl. The number of hydrogen-bond acceptors (Lipinski definition) is 2. The van der Waals surface area contributed by atoms with Crippen LogP contribution in [0.2, 0.25) is 10.0 Å². The van der Waals surface area contributed by atoms with E-state index in [1.807, 2.05) is 44.2 Å². The van der Waals surface area contributed by atoms with E-state index in [4.69, 9.17) is 23.2 Å². The van der Waals surface area contributed by atoms with Gasteiger partial charge in [-0.3, -0.25) is 4.79 Å². The van der Waals surface area contributed by atoms with Crippen molar-refractivity contribution in [2.75, 3.05) is 11.9 Å². The van der Waals surface area contributed by atoms with Gasteiger partial charge in [-0.25, -0.2) is 0 Å². The maximum atomic E-state index is 12.0. The van der Waals surface area contributed by atoms with Crippen LogP contribution >= 0.6 is 23.2 Å². The minimum absolute atomic E-state index is 0.00855. The largest absolute Gasteiger partial charge is 0.325 e. The van der Waals surface area contributed by atoms with E-state index in [2.05, 4.69) is 10.6 Å². The molecule has 0 heterocycles. The molecule has 5 heteroatoms. The molecule has 0 saturated heterocycles. The van der Waals surface area contributed by atoms with E-state index in [0.717, 1.165) is 16.8 Å². The lowest BCUT2D eigenvalue weighted by atomic mass is 10.1. The molecule has 0 unspecified atom stereocenters. The molecule has 0 bridgehead atoms. The van der Waals surface area contributed by atoms with E-state index in [1.54, 1.807) is 12.1 Å². The highest BCUT2D eigenvalue weighted by atomic mass is 35.5. The van der Waals surface area contributed by atoms with E-state index in [-0.39, 0.29) is 18.5 Å². The number of nitrogens with one attached hydrogen (secondary N) is 2. The van der Waals surface area contributed by atoms with Crippen molar-refractivity contribution in [2.45, 2.75) is 19.9 Å². The molecule has 2 aromatic rings. The summed E-state index contributed by atoms with van der Waals surface area (Å²) in [5.41, 5.74) is 2.67. The van der Waals surface area contributed by atoms with E-state index in [9.17, 15) is 4.79 Å². The van der Waals surface area contributed by atoms with Gasteiger partial charge in [0.2, 0.25) is 5.91 Å². The van der Waals surface area contributed by atoms with Gasteiger partial charge in [0.15, 0.2) is 0 Å². The van der Waals surface area contributed by atoms with Crippen molar-refractivity contribution in [1.82, 2.24) is 5.32 Å². The lowest BCUT2D eigenvalue weighted by Crippen LogP contribution is -2.30. The summed E-state index contributed by atoms with van der Waals surface area (Å²) in [6, 6.07) is 13.0. The fourth-order valence-electron chi connectivity index (χ4n) is 2.14. The number of rotatable bonds is 5. The van der Waals surface area contributed by atoms with Crippen molar-refractivity contribution in [2.24, 2.45) is 0 Å². The predicted octanol–water partition coefficient (Wildman–Crippen LogP) is 4.59. The minimum atomic E-state index is -0.107. The number of carbonyl (C=O) groups is 1. The summed E-state index contributed by atoms with van der Waals surface area (Å²) in [4.78, 5) is 12.0. The second-order valence-corrected chi connectivity index (χ2v) is 5.98. The Balaban J connectivity index is 1.91. The van der Waals surface area contributed by atoms with Crippen molar-refractivity contribution < 1.29 is 4.79 Å². The number of hydrogen-bond donors (Lipinski definition) is 2. The Labute approximate surface area is 140 Å². The molecule has 0 fully saturated rings. The van der Waals surface area contributed by atoms with E-state index in [1.165, 1.54) is 0 Å². The molecule has 3 nitrogen and oxygen atoms in total. The van der Waals surface area contributed by atoms with Crippen LogP contribution in [0, 0.1) is 6.92 Å². The van der Waals surface area contributed by atoms with E-state index < -0.39 is 0 Å². The maximum Gasteiger partial charge on any atom is 0.238 e. The molecule has 0 aliphatic heterocycles. The van der Waals surface area contributed by atoms with Crippen LogP contribution < -0.4 is 10.6 Å². The molecule has 0 aromatic heterocycles. The van der Waals surface area contributed by atoms with Crippen LogP contribution in [0.25, 0.3) is 0 Å². The first-order valence-electron chi connectivity index (χ1n) is 7.01. The van der Waals surface area contributed by atoms with Crippen LogP contribution in [-0.2, 0) is 4.79 Å². The topological polar surface area (TPSA) is 41.1 Å². The molecule has 22 heavy (non-hydrogen) atoms. The first kappa shape index (κ1) is 16.8. The van der Waals surface area contributed by atoms with Gasteiger partial charge in [0, 0.05) is 21.8 Å². The number of amides is 1. The summed E-state index contributed by atoms with van der Waals surface area (Å²) in [6.45, 7) is 4.08. The van der Waals surface area contributed by atoms with Gasteiger partial charge in [0.25, 0.3) is 0 Å². The van der Waals surface area contributed by atoms with Gasteiger partial charge in [-0.15, -0.1) is 0 Å². The summed E-state index contributed by atoms with van der Waals surface area (Å²) in [6.07, 6.45) is 0. The molecule has 0 spiro atoms. The van der Waals surface area contributed by atoms with Crippen LogP contribution in [0.3, 0.4) is 0 Å². The molecule has 116 valence electrons. The van der Waals surface area contributed by atoms with Crippen molar-refractivity contribution in [3.63, 3.8) is 0 Å². The highest BCUT2D eigenvalue weighted by molar-refractivity contribution is 6.31. The van der Waals surface area contributed by atoms with Gasteiger partial charge >= 0.3 is 0 Å². The maximum absolute atomic E-state index is 12.0. The Bertz CT molecular complexity index is 673. The summed E-state index contributed by atoms with van der Waals surface area (Å²) in [5, 5.41) is 7.38. The Morgan fingerprint density at radius 3 is 2.59 bits per heavy atom. The number of anilines is 1. The van der Waals surface area contributed by atoms with Crippen LogP contribution in [-0.4, -0.2) is 12.5 Å². The van der Waals surface area contributed by atoms with Crippen molar-refractivity contribution in [3.05, 3.63) is 63.6 Å². The zero-order valence-electron chi connectivity index (χ0n) is 12.5. The second-order valence-electron chi connectivity index (χ2n) is 5.13. The predicted molar refractivity (Wildman–Crippen MR) is 92.7 cm³/mol. The molecular weight excluding hydrogens is 319 g/mol. The molecule has 0 radical (unpaired) electrons. The third-order valence-corrected chi connectivity index (χ3v) is 3.98. The normalized spacial score (nSPS) is 12.0. The zero-order chi connectivity index (χ0) is 16.1. The number of halogens is 2.